The largest absolute Gasteiger partial charge is 0.493 e. The molecule has 0 fully saturated rings. The zero-order valence-corrected chi connectivity index (χ0v) is 13.5. The molecule has 20 heavy (non-hydrogen) atoms. The highest BCUT2D eigenvalue weighted by Gasteiger charge is 2.16. The van der Waals surface area contributed by atoms with Gasteiger partial charge in [0.25, 0.3) is 0 Å². The molecule has 1 rings (SSSR count). The molecule has 0 heterocycles. The number of rotatable bonds is 9. The van der Waals surface area contributed by atoms with E-state index in [-0.39, 0.29) is 5.56 Å². The van der Waals surface area contributed by atoms with E-state index >= 15 is 0 Å². The van der Waals surface area contributed by atoms with Gasteiger partial charge in [0, 0.05) is 6.07 Å². The van der Waals surface area contributed by atoms with Crippen LogP contribution in [0.1, 0.15) is 49.9 Å². The van der Waals surface area contributed by atoms with Crippen molar-refractivity contribution in [2.75, 3.05) is 13.2 Å². The van der Waals surface area contributed by atoms with Crippen molar-refractivity contribution in [1.82, 2.24) is 0 Å². The van der Waals surface area contributed by atoms with Gasteiger partial charge in [0.2, 0.25) is 0 Å². The van der Waals surface area contributed by atoms with E-state index in [0.717, 1.165) is 25.7 Å². The van der Waals surface area contributed by atoms with Gasteiger partial charge in [0.15, 0.2) is 0 Å². The molecule has 0 spiro atoms. The Hall–Kier alpha value is -1.23. The van der Waals surface area contributed by atoms with Crippen LogP contribution in [-0.4, -0.2) is 24.3 Å². The van der Waals surface area contributed by atoms with Crippen LogP contribution in [-0.2, 0) is 0 Å². The van der Waals surface area contributed by atoms with Crippen molar-refractivity contribution in [3.8, 4) is 11.5 Å². The van der Waals surface area contributed by atoms with Crippen LogP contribution >= 0.6 is 15.9 Å². The van der Waals surface area contributed by atoms with Gasteiger partial charge >= 0.3 is 5.97 Å². The van der Waals surface area contributed by atoms with E-state index in [4.69, 9.17) is 9.47 Å². The normalized spacial score (nSPS) is 10.3. The van der Waals surface area contributed by atoms with Crippen LogP contribution in [0.25, 0.3) is 0 Å². The summed E-state index contributed by atoms with van der Waals surface area (Å²) in [6.45, 7) is 5.26. The maximum absolute atomic E-state index is 11.2. The molecule has 0 aliphatic heterocycles. The minimum Gasteiger partial charge on any atom is -0.493 e. The topological polar surface area (TPSA) is 55.8 Å². The lowest BCUT2D eigenvalue weighted by atomic mass is 10.2. The first-order chi connectivity index (χ1) is 9.60. The first kappa shape index (κ1) is 16.8. The van der Waals surface area contributed by atoms with Crippen LogP contribution in [0, 0.1) is 0 Å². The Bertz CT molecular complexity index is 446. The Labute approximate surface area is 128 Å². The van der Waals surface area contributed by atoms with Crippen molar-refractivity contribution in [2.24, 2.45) is 0 Å². The van der Waals surface area contributed by atoms with Crippen LogP contribution in [0.3, 0.4) is 0 Å². The van der Waals surface area contributed by atoms with Crippen molar-refractivity contribution in [2.45, 2.75) is 39.5 Å². The molecule has 5 heteroatoms. The second-order valence-electron chi connectivity index (χ2n) is 4.49. The molecule has 0 saturated carbocycles. The second kappa shape index (κ2) is 8.84. The highest BCUT2D eigenvalue weighted by atomic mass is 79.9. The van der Waals surface area contributed by atoms with Crippen LogP contribution in [0.4, 0.5) is 0 Å². The lowest BCUT2D eigenvalue weighted by Gasteiger charge is -2.13. The number of carboxylic acids is 1. The first-order valence-electron chi connectivity index (χ1n) is 6.92. The predicted molar refractivity (Wildman–Crippen MR) is 81.9 cm³/mol. The highest BCUT2D eigenvalue weighted by molar-refractivity contribution is 9.10. The van der Waals surface area contributed by atoms with Gasteiger partial charge in [-0.05, 0) is 34.8 Å². The molecule has 0 radical (unpaired) electrons. The smallest absolute Gasteiger partial charge is 0.339 e. The molecule has 0 aromatic heterocycles. The van der Waals surface area contributed by atoms with Gasteiger partial charge < -0.3 is 14.6 Å². The average Bonchev–Trinajstić information content (AvgIpc) is 2.41. The SMILES string of the molecule is CCCCOc1cc(OCCCC)c(C(=O)O)cc1Br. The molecule has 1 N–H and O–H groups in total. The third-order valence-corrected chi connectivity index (χ3v) is 3.40. The standard InChI is InChI=1S/C15H21BrO4/c1-3-5-7-19-13-10-14(20-8-6-4-2)12(16)9-11(13)15(17)18/h9-10H,3-8H2,1-2H3,(H,17,18). The summed E-state index contributed by atoms with van der Waals surface area (Å²) in [6, 6.07) is 3.18. The Morgan fingerprint density at radius 3 is 2.15 bits per heavy atom. The third-order valence-electron chi connectivity index (χ3n) is 2.78. The maximum atomic E-state index is 11.2. The van der Waals surface area contributed by atoms with Gasteiger partial charge in [-0.1, -0.05) is 26.7 Å². The Morgan fingerprint density at radius 2 is 1.65 bits per heavy atom. The molecule has 0 amide bonds. The van der Waals surface area contributed by atoms with Gasteiger partial charge in [0.1, 0.15) is 17.1 Å². The summed E-state index contributed by atoms with van der Waals surface area (Å²) in [7, 11) is 0. The molecule has 0 unspecified atom stereocenters. The fourth-order valence-corrected chi connectivity index (χ4v) is 2.04. The van der Waals surface area contributed by atoms with E-state index in [2.05, 4.69) is 29.8 Å². The molecule has 0 saturated heterocycles. The number of hydrogen-bond donors (Lipinski definition) is 1. The Morgan fingerprint density at radius 1 is 1.10 bits per heavy atom. The Balaban J connectivity index is 2.91. The molecule has 0 aliphatic rings. The van der Waals surface area contributed by atoms with Gasteiger partial charge in [-0.25, -0.2) is 4.79 Å². The average molecular weight is 345 g/mol. The molecule has 1 aromatic carbocycles. The number of hydrogen-bond acceptors (Lipinski definition) is 3. The van der Waals surface area contributed by atoms with Crippen LogP contribution in [0.2, 0.25) is 0 Å². The van der Waals surface area contributed by atoms with Crippen LogP contribution < -0.4 is 9.47 Å². The van der Waals surface area contributed by atoms with E-state index in [1.54, 1.807) is 6.07 Å². The van der Waals surface area contributed by atoms with Crippen molar-refractivity contribution < 1.29 is 19.4 Å². The van der Waals surface area contributed by atoms with Crippen molar-refractivity contribution in [3.05, 3.63) is 22.2 Å². The molecule has 0 atom stereocenters. The van der Waals surface area contributed by atoms with Crippen LogP contribution in [0.15, 0.2) is 16.6 Å². The summed E-state index contributed by atoms with van der Waals surface area (Å²) in [5.74, 6) is -0.0205. The Kier molecular flexibility index (Phi) is 7.44. The minimum absolute atomic E-state index is 0.149. The van der Waals surface area contributed by atoms with E-state index in [1.807, 2.05) is 0 Å². The van der Waals surface area contributed by atoms with E-state index in [1.165, 1.54) is 6.07 Å². The first-order valence-corrected chi connectivity index (χ1v) is 7.71. The monoisotopic (exact) mass is 344 g/mol. The summed E-state index contributed by atoms with van der Waals surface area (Å²) in [6.07, 6.45) is 3.89. The van der Waals surface area contributed by atoms with Crippen molar-refractivity contribution >= 4 is 21.9 Å². The number of halogens is 1. The number of carbonyl (C=O) groups is 1. The van der Waals surface area contributed by atoms with Crippen molar-refractivity contribution in [3.63, 3.8) is 0 Å². The summed E-state index contributed by atoms with van der Waals surface area (Å²) in [4.78, 5) is 11.2. The van der Waals surface area contributed by atoms with Gasteiger partial charge in [-0.15, -0.1) is 0 Å². The fraction of sp³-hybridized carbons (Fsp3) is 0.533. The summed E-state index contributed by atoms with van der Waals surface area (Å²) < 4.78 is 11.8. The zero-order chi connectivity index (χ0) is 15.0. The molecule has 1 aromatic rings. The fourth-order valence-electron chi connectivity index (χ4n) is 1.58. The highest BCUT2D eigenvalue weighted by Crippen LogP contribution is 2.33. The van der Waals surface area contributed by atoms with E-state index in [0.29, 0.717) is 29.2 Å². The van der Waals surface area contributed by atoms with Crippen molar-refractivity contribution in [1.29, 1.82) is 0 Å². The second-order valence-corrected chi connectivity index (χ2v) is 5.34. The number of ether oxygens (including phenoxy) is 2. The molecular weight excluding hydrogens is 324 g/mol. The summed E-state index contributed by atoms with van der Waals surface area (Å²) in [5.41, 5.74) is 0.149. The molecular formula is C15H21BrO4. The lowest BCUT2D eigenvalue weighted by molar-refractivity contribution is 0.0692. The third kappa shape index (κ3) is 5.04. The van der Waals surface area contributed by atoms with E-state index in [9.17, 15) is 9.90 Å². The van der Waals surface area contributed by atoms with E-state index < -0.39 is 5.97 Å². The van der Waals surface area contributed by atoms with Gasteiger partial charge in [0.05, 0.1) is 17.7 Å². The molecule has 0 aliphatic carbocycles. The van der Waals surface area contributed by atoms with Crippen LogP contribution in [0.5, 0.6) is 11.5 Å². The lowest BCUT2D eigenvalue weighted by Crippen LogP contribution is -2.06. The number of aromatic carboxylic acids is 1. The summed E-state index contributed by atoms with van der Waals surface area (Å²) in [5, 5.41) is 9.21. The number of unbranched alkanes of at least 4 members (excludes halogenated alkanes) is 2. The predicted octanol–water partition coefficient (Wildman–Crippen LogP) is 4.51. The van der Waals surface area contributed by atoms with Gasteiger partial charge in [-0.3, -0.25) is 0 Å². The maximum Gasteiger partial charge on any atom is 0.339 e. The summed E-state index contributed by atoms with van der Waals surface area (Å²) >= 11 is 3.34. The minimum atomic E-state index is -1.00. The quantitative estimate of drug-likeness (QED) is 0.669. The number of benzene rings is 1. The molecule has 0 bridgehead atoms. The van der Waals surface area contributed by atoms with Gasteiger partial charge in [-0.2, -0.15) is 0 Å². The molecule has 112 valence electrons. The molecule has 4 nitrogen and oxygen atoms in total. The number of carboxylic acid groups (broad SMARTS) is 1. The zero-order valence-electron chi connectivity index (χ0n) is 11.9.